The van der Waals surface area contributed by atoms with Gasteiger partial charge >= 0.3 is 6.18 Å². The summed E-state index contributed by atoms with van der Waals surface area (Å²) in [4.78, 5) is 3.73. The number of halogens is 3. The number of aromatic nitrogens is 1. The number of fused-ring (bicyclic) bond motifs is 3. The van der Waals surface area contributed by atoms with Gasteiger partial charge < -0.3 is 0 Å². The number of alkyl halides is 3. The molecule has 0 saturated heterocycles. The monoisotopic (exact) mass is 253 g/mol. The summed E-state index contributed by atoms with van der Waals surface area (Å²) in [5.41, 5.74) is -0.410. The van der Waals surface area contributed by atoms with Gasteiger partial charge in [0.15, 0.2) is 5.69 Å². The molecule has 0 aliphatic carbocycles. The lowest BCUT2D eigenvalue weighted by Crippen LogP contribution is -2.08. The number of rotatable bonds is 0. The minimum Gasteiger partial charge on any atom is -0.242 e. The smallest absolute Gasteiger partial charge is 0.242 e. The van der Waals surface area contributed by atoms with Crippen LogP contribution in [0.2, 0.25) is 0 Å². The SMILES string of the molecule is FC(F)(F)c1nc2ccccc2c2ccsc12. The molecule has 2 heterocycles. The molecule has 1 aromatic carbocycles. The van der Waals surface area contributed by atoms with E-state index in [9.17, 15) is 13.2 Å². The first-order valence-corrected chi connectivity index (χ1v) is 5.78. The van der Waals surface area contributed by atoms with Crippen LogP contribution >= 0.6 is 11.3 Å². The van der Waals surface area contributed by atoms with Crippen LogP contribution in [0.15, 0.2) is 35.7 Å². The Labute approximate surface area is 98.5 Å². The highest BCUT2D eigenvalue weighted by atomic mass is 32.1. The normalized spacial score (nSPS) is 12.4. The van der Waals surface area contributed by atoms with Gasteiger partial charge in [0, 0.05) is 10.8 Å². The maximum atomic E-state index is 12.9. The van der Waals surface area contributed by atoms with Crippen molar-refractivity contribution >= 4 is 32.3 Å². The van der Waals surface area contributed by atoms with E-state index in [0.29, 0.717) is 10.9 Å². The number of para-hydroxylation sites is 1. The molecular formula is C12H6F3NS. The van der Waals surface area contributed by atoms with Gasteiger partial charge in [-0.05, 0) is 17.5 Å². The van der Waals surface area contributed by atoms with Gasteiger partial charge in [-0.1, -0.05) is 18.2 Å². The lowest BCUT2D eigenvalue weighted by atomic mass is 10.1. The lowest BCUT2D eigenvalue weighted by molar-refractivity contribution is -0.139. The molecule has 0 saturated carbocycles. The number of thiophene rings is 1. The van der Waals surface area contributed by atoms with Gasteiger partial charge in [0.25, 0.3) is 0 Å². The third kappa shape index (κ3) is 1.58. The average Bonchev–Trinajstić information content (AvgIpc) is 2.75. The number of hydrogen-bond acceptors (Lipinski definition) is 2. The van der Waals surface area contributed by atoms with Crippen molar-refractivity contribution < 1.29 is 13.2 Å². The minimum atomic E-state index is -4.41. The summed E-state index contributed by atoms with van der Waals surface area (Å²) < 4.78 is 38.8. The Morgan fingerprint density at radius 1 is 1.00 bits per heavy atom. The van der Waals surface area contributed by atoms with Crippen molar-refractivity contribution in [1.29, 1.82) is 0 Å². The fraction of sp³-hybridized carbons (Fsp3) is 0.0833. The Balaban J connectivity index is 2.53. The average molecular weight is 253 g/mol. The van der Waals surface area contributed by atoms with Crippen molar-refractivity contribution in [2.45, 2.75) is 6.18 Å². The van der Waals surface area contributed by atoms with Crippen LogP contribution in [-0.4, -0.2) is 4.98 Å². The maximum Gasteiger partial charge on any atom is 0.434 e. The first-order valence-electron chi connectivity index (χ1n) is 4.90. The minimum absolute atomic E-state index is 0.205. The van der Waals surface area contributed by atoms with Crippen molar-refractivity contribution in [2.75, 3.05) is 0 Å². The zero-order valence-electron chi connectivity index (χ0n) is 8.45. The van der Waals surface area contributed by atoms with E-state index < -0.39 is 11.9 Å². The Hall–Kier alpha value is -1.62. The van der Waals surface area contributed by atoms with Crippen molar-refractivity contribution in [1.82, 2.24) is 4.98 Å². The molecule has 86 valence electrons. The molecule has 0 radical (unpaired) electrons. The van der Waals surface area contributed by atoms with E-state index in [1.807, 2.05) is 0 Å². The van der Waals surface area contributed by atoms with Gasteiger partial charge in [-0.15, -0.1) is 11.3 Å². The fourth-order valence-electron chi connectivity index (χ4n) is 1.87. The molecule has 3 aromatic rings. The van der Waals surface area contributed by atoms with Crippen LogP contribution in [0.5, 0.6) is 0 Å². The summed E-state index contributed by atoms with van der Waals surface area (Å²) in [5, 5.41) is 3.04. The van der Waals surface area contributed by atoms with Crippen molar-refractivity contribution in [3.05, 3.63) is 41.4 Å². The molecule has 0 unspecified atom stereocenters. The molecule has 0 spiro atoms. The van der Waals surface area contributed by atoms with Crippen LogP contribution in [0.3, 0.4) is 0 Å². The van der Waals surface area contributed by atoms with Crippen LogP contribution in [0.1, 0.15) is 5.69 Å². The van der Waals surface area contributed by atoms with E-state index in [-0.39, 0.29) is 4.70 Å². The summed E-state index contributed by atoms with van der Waals surface area (Å²) >= 11 is 1.07. The number of benzene rings is 1. The third-order valence-corrected chi connectivity index (χ3v) is 3.50. The van der Waals surface area contributed by atoms with Crippen molar-refractivity contribution in [3.8, 4) is 0 Å². The summed E-state index contributed by atoms with van der Waals surface area (Å²) in [6.45, 7) is 0. The summed E-state index contributed by atoms with van der Waals surface area (Å²) in [7, 11) is 0. The molecule has 0 bridgehead atoms. The largest absolute Gasteiger partial charge is 0.434 e. The molecule has 0 atom stereocenters. The van der Waals surface area contributed by atoms with Gasteiger partial charge in [-0.3, -0.25) is 0 Å². The van der Waals surface area contributed by atoms with Gasteiger partial charge in [0.2, 0.25) is 0 Å². The molecule has 0 aliphatic rings. The standard InChI is InChI=1S/C12H6F3NS/c13-12(14,15)11-10-8(5-6-17-10)7-3-1-2-4-9(7)16-11/h1-6H. The first-order chi connectivity index (χ1) is 8.07. The van der Waals surface area contributed by atoms with Crippen LogP contribution in [0.25, 0.3) is 21.0 Å². The zero-order valence-corrected chi connectivity index (χ0v) is 9.27. The second-order valence-electron chi connectivity index (χ2n) is 3.64. The van der Waals surface area contributed by atoms with E-state index in [2.05, 4.69) is 4.98 Å². The van der Waals surface area contributed by atoms with Crippen LogP contribution in [0, 0.1) is 0 Å². The highest BCUT2D eigenvalue weighted by Gasteiger charge is 2.35. The lowest BCUT2D eigenvalue weighted by Gasteiger charge is -2.08. The van der Waals surface area contributed by atoms with Gasteiger partial charge in [-0.2, -0.15) is 13.2 Å². The van der Waals surface area contributed by atoms with Crippen LogP contribution < -0.4 is 0 Å². The molecule has 1 nitrogen and oxygen atoms in total. The molecule has 2 aromatic heterocycles. The topological polar surface area (TPSA) is 12.9 Å². The number of nitrogens with zero attached hydrogens (tertiary/aromatic N) is 1. The highest BCUT2D eigenvalue weighted by Crippen LogP contribution is 2.38. The van der Waals surface area contributed by atoms with Gasteiger partial charge in [-0.25, -0.2) is 4.98 Å². The van der Waals surface area contributed by atoms with Gasteiger partial charge in [0.1, 0.15) is 0 Å². The van der Waals surface area contributed by atoms with Gasteiger partial charge in [0.05, 0.1) is 10.2 Å². The predicted octanol–water partition coefficient (Wildman–Crippen LogP) is 4.47. The van der Waals surface area contributed by atoms with E-state index in [4.69, 9.17) is 0 Å². The molecule has 3 rings (SSSR count). The zero-order chi connectivity index (χ0) is 12.0. The van der Waals surface area contributed by atoms with Crippen LogP contribution in [0.4, 0.5) is 13.2 Å². The van der Waals surface area contributed by atoms with E-state index in [1.165, 1.54) is 0 Å². The second-order valence-corrected chi connectivity index (χ2v) is 4.55. The van der Waals surface area contributed by atoms with Crippen LogP contribution in [-0.2, 0) is 6.18 Å². The fourth-order valence-corrected chi connectivity index (χ4v) is 2.79. The Morgan fingerprint density at radius 3 is 2.53 bits per heavy atom. The quantitative estimate of drug-likeness (QED) is 0.576. The highest BCUT2D eigenvalue weighted by molar-refractivity contribution is 7.17. The first kappa shape index (κ1) is 10.5. The Morgan fingerprint density at radius 2 is 1.76 bits per heavy atom. The number of hydrogen-bond donors (Lipinski definition) is 0. The summed E-state index contributed by atoms with van der Waals surface area (Å²) in [5.74, 6) is 0. The Kier molecular flexibility index (Phi) is 2.13. The Bertz CT molecular complexity index is 700. The van der Waals surface area contributed by atoms with E-state index in [1.54, 1.807) is 35.7 Å². The van der Waals surface area contributed by atoms with E-state index >= 15 is 0 Å². The molecule has 0 N–H and O–H groups in total. The molecule has 0 fully saturated rings. The predicted molar refractivity (Wildman–Crippen MR) is 62.1 cm³/mol. The van der Waals surface area contributed by atoms with E-state index in [0.717, 1.165) is 16.7 Å². The van der Waals surface area contributed by atoms with Crippen molar-refractivity contribution in [3.63, 3.8) is 0 Å². The second kappa shape index (κ2) is 3.43. The molecular weight excluding hydrogens is 247 g/mol. The molecule has 0 amide bonds. The summed E-state index contributed by atoms with van der Waals surface area (Å²) in [6.07, 6.45) is -4.41. The molecule has 0 aliphatic heterocycles. The third-order valence-electron chi connectivity index (χ3n) is 2.58. The molecule has 17 heavy (non-hydrogen) atoms. The molecule has 5 heteroatoms. The van der Waals surface area contributed by atoms with Crippen molar-refractivity contribution in [2.24, 2.45) is 0 Å². The summed E-state index contributed by atoms with van der Waals surface area (Å²) in [6, 6.07) is 8.58. The maximum absolute atomic E-state index is 12.9. The number of pyridine rings is 1.